The minimum Gasteiger partial charge on any atom is -0.462 e. The number of likely N-dealkylation sites (tertiary alicyclic amines) is 1. The molecular formula is C31H41FN2O5. The van der Waals surface area contributed by atoms with Crippen molar-refractivity contribution in [2.45, 2.75) is 83.6 Å². The molecule has 7 nitrogen and oxygen atoms in total. The molecule has 2 saturated carbocycles. The Morgan fingerprint density at radius 2 is 1.82 bits per heavy atom. The Hall–Kier alpha value is -2.77. The molecule has 2 aliphatic carbocycles. The van der Waals surface area contributed by atoms with E-state index in [1.807, 2.05) is 17.9 Å². The molecule has 0 radical (unpaired) electrons. The summed E-state index contributed by atoms with van der Waals surface area (Å²) in [6.07, 6.45) is 10.3. The Morgan fingerprint density at radius 3 is 2.51 bits per heavy atom. The Bertz CT molecular complexity index is 1180. The van der Waals surface area contributed by atoms with Crippen molar-refractivity contribution in [2.75, 3.05) is 20.3 Å². The van der Waals surface area contributed by atoms with E-state index in [9.17, 15) is 18.8 Å². The van der Waals surface area contributed by atoms with E-state index in [0.717, 1.165) is 50.5 Å². The lowest BCUT2D eigenvalue weighted by molar-refractivity contribution is -0.143. The summed E-state index contributed by atoms with van der Waals surface area (Å²) in [6, 6.07) is 4.95. The van der Waals surface area contributed by atoms with Crippen LogP contribution in [0.1, 0.15) is 87.4 Å². The summed E-state index contributed by atoms with van der Waals surface area (Å²) >= 11 is 0. The summed E-state index contributed by atoms with van der Waals surface area (Å²) in [5, 5.41) is 0. The van der Waals surface area contributed by atoms with Gasteiger partial charge in [-0.05, 0) is 73.5 Å². The van der Waals surface area contributed by atoms with Crippen molar-refractivity contribution in [3.63, 3.8) is 0 Å². The van der Waals surface area contributed by atoms with Crippen molar-refractivity contribution in [1.29, 1.82) is 0 Å². The molecule has 8 heteroatoms. The SMILES string of the molecule is COC(=O)c1nc2ccc(CC(=O)[C@@H]3[C@H](C4CCCCC4)CCN3C(=O)C3CCC([C@H](C)CF)CC3)cc2o1. The number of carbonyl (C=O) groups is 3. The quantitative estimate of drug-likeness (QED) is 0.385. The molecule has 0 N–H and O–H groups in total. The molecule has 39 heavy (non-hydrogen) atoms. The zero-order chi connectivity index (χ0) is 27.5. The van der Waals surface area contributed by atoms with E-state index >= 15 is 0 Å². The molecule has 3 aliphatic rings. The van der Waals surface area contributed by atoms with Crippen LogP contribution in [-0.2, 0) is 20.7 Å². The normalized spacial score (nSPS) is 27.0. The van der Waals surface area contributed by atoms with E-state index in [-0.39, 0.29) is 48.4 Å². The summed E-state index contributed by atoms with van der Waals surface area (Å²) in [6.45, 7) is 2.29. The van der Waals surface area contributed by atoms with Crippen LogP contribution in [0.4, 0.5) is 4.39 Å². The minimum atomic E-state index is -0.646. The molecule has 3 fully saturated rings. The highest BCUT2D eigenvalue weighted by Gasteiger charge is 2.46. The third kappa shape index (κ3) is 5.90. The highest BCUT2D eigenvalue weighted by Crippen LogP contribution is 2.42. The lowest BCUT2D eigenvalue weighted by Gasteiger charge is -2.37. The number of aromatic nitrogens is 1. The van der Waals surface area contributed by atoms with Gasteiger partial charge in [0.05, 0.1) is 19.8 Å². The fraction of sp³-hybridized carbons (Fsp3) is 0.677. The molecule has 0 spiro atoms. The number of ketones is 1. The zero-order valence-corrected chi connectivity index (χ0v) is 23.2. The minimum absolute atomic E-state index is 0.0447. The molecule has 1 aliphatic heterocycles. The molecular weight excluding hydrogens is 499 g/mol. The second-order valence-corrected chi connectivity index (χ2v) is 12.0. The molecule has 3 atom stereocenters. The second-order valence-electron chi connectivity index (χ2n) is 12.0. The maximum absolute atomic E-state index is 14.0. The lowest BCUT2D eigenvalue weighted by Crippen LogP contribution is -2.48. The number of methoxy groups -OCH3 is 1. The number of esters is 1. The molecule has 1 amide bonds. The van der Waals surface area contributed by atoms with Crippen molar-refractivity contribution in [3.05, 3.63) is 29.7 Å². The van der Waals surface area contributed by atoms with Crippen LogP contribution < -0.4 is 0 Å². The first-order valence-corrected chi connectivity index (χ1v) is 14.8. The maximum Gasteiger partial charge on any atom is 0.394 e. The molecule has 1 aromatic carbocycles. The van der Waals surface area contributed by atoms with Gasteiger partial charge in [0.1, 0.15) is 5.52 Å². The highest BCUT2D eigenvalue weighted by atomic mass is 19.1. The highest BCUT2D eigenvalue weighted by molar-refractivity contribution is 5.93. The summed E-state index contributed by atoms with van der Waals surface area (Å²) in [4.78, 5) is 45.7. The van der Waals surface area contributed by atoms with Gasteiger partial charge in [-0.3, -0.25) is 14.0 Å². The van der Waals surface area contributed by atoms with Crippen LogP contribution in [0.5, 0.6) is 0 Å². The predicted molar refractivity (Wildman–Crippen MR) is 145 cm³/mol. The van der Waals surface area contributed by atoms with E-state index < -0.39 is 12.0 Å². The third-order valence-electron chi connectivity index (χ3n) is 9.67. The van der Waals surface area contributed by atoms with Crippen molar-refractivity contribution < 1.29 is 27.9 Å². The number of carbonyl (C=O) groups excluding carboxylic acids is 3. The third-order valence-corrected chi connectivity index (χ3v) is 9.67. The molecule has 0 unspecified atom stereocenters. The number of hydrogen-bond donors (Lipinski definition) is 0. The van der Waals surface area contributed by atoms with Crippen LogP contribution in [-0.4, -0.2) is 53.9 Å². The molecule has 0 bridgehead atoms. The number of amides is 1. The molecule has 5 rings (SSSR count). The van der Waals surface area contributed by atoms with Gasteiger partial charge >= 0.3 is 11.9 Å². The van der Waals surface area contributed by atoms with Crippen LogP contribution in [0.3, 0.4) is 0 Å². The number of alkyl halides is 1. The van der Waals surface area contributed by atoms with Crippen LogP contribution >= 0.6 is 0 Å². The lowest BCUT2D eigenvalue weighted by atomic mass is 9.74. The van der Waals surface area contributed by atoms with Crippen LogP contribution in [0, 0.1) is 29.6 Å². The number of benzene rings is 1. The number of hydrogen-bond acceptors (Lipinski definition) is 6. The number of fused-ring (bicyclic) bond motifs is 1. The second kappa shape index (κ2) is 12.2. The molecule has 2 aromatic rings. The van der Waals surface area contributed by atoms with Crippen molar-refractivity contribution in [3.8, 4) is 0 Å². The topological polar surface area (TPSA) is 89.7 Å². The first-order chi connectivity index (χ1) is 18.9. The van der Waals surface area contributed by atoms with E-state index in [1.165, 1.54) is 26.4 Å². The van der Waals surface area contributed by atoms with Crippen LogP contribution in [0.2, 0.25) is 0 Å². The number of halogens is 1. The Balaban J connectivity index is 1.34. The smallest absolute Gasteiger partial charge is 0.394 e. The van der Waals surface area contributed by atoms with Crippen molar-refractivity contribution in [2.24, 2.45) is 29.6 Å². The van der Waals surface area contributed by atoms with Gasteiger partial charge in [0.25, 0.3) is 0 Å². The van der Waals surface area contributed by atoms with Gasteiger partial charge in [0, 0.05) is 18.9 Å². The van der Waals surface area contributed by atoms with E-state index in [1.54, 1.807) is 12.1 Å². The number of rotatable bonds is 8. The average Bonchev–Trinajstić information content (AvgIpc) is 3.61. The van der Waals surface area contributed by atoms with E-state index in [4.69, 9.17) is 9.15 Å². The van der Waals surface area contributed by atoms with Gasteiger partial charge in [-0.2, -0.15) is 0 Å². The van der Waals surface area contributed by atoms with Crippen molar-refractivity contribution >= 4 is 28.8 Å². The molecule has 1 aromatic heterocycles. The standard InChI is InChI=1S/C31H41FN2O5/c1-19(18-32)21-9-11-23(12-10-21)30(36)34-15-14-24(22-6-4-3-5-7-22)28(34)26(35)16-20-8-13-25-27(17-20)39-29(33-25)31(37)38-2/h8,13,17,19,21-24,28H,3-7,9-12,14-16,18H2,1-2H3/t19-,21?,23?,24+,28+/m1/s1. The van der Waals surface area contributed by atoms with Gasteiger partial charge in [-0.25, -0.2) is 9.78 Å². The van der Waals surface area contributed by atoms with Gasteiger partial charge in [0.2, 0.25) is 5.91 Å². The Kier molecular flexibility index (Phi) is 8.67. The van der Waals surface area contributed by atoms with Gasteiger partial charge in [-0.15, -0.1) is 0 Å². The van der Waals surface area contributed by atoms with Crippen LogP contribution in [0.25, 0.3) is 11.1 Å². The number of ether oxygens (including phenoxy) is 1. The zero-order valence-electron chi connectivity index (χ0n) is 23.2. The van der Waals surface area contributed by atoms with Crippen molar-refractivity contribution in [1.82, 2.24) is 9.88 Å². The van der Waals surface area contributed by atoms with E-state index in [0.29, 0.717) is 29.5 Å². The fourth-order valence-electron chi connectivity index (χ4n) is 7.39. The number of oxazole rings is 1. The average molecular weight is 541 g/mol. The van der Waals surface area contributed by atoms with E-state index in [2.05, 4.69) is 4.98 Å². The largest absolute Gasteiger partial charge is 0.462 e. The summed E-state index contributed by atoms with van der Waals surface area (Å²) in [5.74, 6) is 0.420. The van der Waals surface area contributed by atoms with Gasteiger partial charge < -0.3 is 14.1 Å². The van der Waals surface area contributed by atoms with Crippen LogP contribution in [0.15, 0.2) is 22.6 Å². The molecule has 2 heterocycles. The first-order valence-electron chi connectivity index (χ1n) is 14.8. The number of Topliss-reactive ketones (excluding diaryl/α,β-unsaturated/α-hetero) is 1. The molecule has 1 saturated heterocycles. The van der Waals surface area contributed by atoms with Gasteiger partial charge in [-0.1, -0.05) is 45.1 Å². The fourth-order valence-corrected chi connectivity index (χ4v) is 7.39. The summed E-state index contributed by atoms with van der Waals surface area (Å²) in [5.41, 5.74) is 1.74. The number of nitrogens with zero attached hydrogens (tertiary/aromatic N) is 2. The Labute approximate surface area is 229 Å². The Morgan fingerprint density at radius 1 is 1.08 bits per heavy atom. The molecule has 212 valence electrons. The monoisotopic (exact) mass is 540 g/mol. The van der Waals surface area contributed by atoms with Gasteiger partial charge in [0.15, 0.2) is 11.4 Å². The maximum atomic E-state index is 14.0. The summed E-state index contributed by atoms with van der Waals surface area (Å²) < 4.78 is 23.5. The summed E-state index contributed by atoms with van der Waals surface area (Å²) in [7, 11) is 1.27. The first kappa shape index (κ1) is 27.8. The predicted octanol–water partition coefficient (Wildman–Crippen LogP) is 5.94.